The van der Waals surface area contributed by atoms with Gasteiger partial charge in [0.25, 0.3) is 5.09 Å². The fourth-order valence-electron chi connectivity index (χ4n) is 0.511. The lowest BCUT2D eigenvalue weighted by molar-refractivity contribution is -0.742. The normalized spacial score (nSPS) is 8.00. The number of nitrogens with two attached hydrogens (primary N) is 2. The maximum atomic E-state index is 8.36. The maximum absolute atomic E-state index is 8.36. The topological polar surface area (TPSA) is 115 Å². The van der Waals surface area contributed by atoms with Gasteiger partial charge in [0.2, 0.25) is 0 Å². The first kappa shape index (κ1) is 10.0. The molecule has 0 radical (unpaired) electrons. The highest BCUT2D eigenvalue weighted by atomic mass is 16.9. The summed E-state index contributed by atoms with van der Waals surface area (Å²) in [6.45, 7) is 0. The smallest absolute Gasteiger partial charge is 0.291 e. The zero-order valence-corrected chi connectivity index (χ0v) is 6.18. The molecule has 66 valence electrons. The van der Waals surface area contributed by atoms with E-state index in [9.17, 15) is 0 Å². The van der Waals surface area contributed by atoms with E-state index in [0.717, 1.165) is 0 Å². The first-order valence-corrected chi connectivity index (χ1v) is 2.97. The minimum absolute atomic E-state index is 0.646. The molecule has 1 aromatic rings. The Bertz CT molecular complexity index is 239. The van der Waals surface area contributed by atoms with Crippen molar-refractivity contribution in [3.63, 3.8) is 0 Å². The van der Waals surface area contributed by atoms with Crippen LogP contribution >= 0.6 is 0 Å². The summed E-state index contributed by atoms with van der Waals surface area (Å²) in [5, 5.41) is 13.6. The van der Waals surface area contributed by atoms with Crippen molar-refractivity contribution in [3.05, 3.63) is 34.4 Å². The van der Waals surface area contributed by atoms with Gasteiger partial charge in [-0.3, -0.25) is 0 Å². The van der Waals surface area contributed by atoms with E-state index in [1.54, 1.807) is 12.1 Å². The Kier molecular flexibility index (Phi) is 3.99. The number of anilines is 2. The van der Waals surface area contributed by atoms with Gasteiger partial charge >= 0.3 is 0 Å². The molecular weight excluding hydrogens is 162 g/mol. The molecule has 0 amide bonds. The largest absolute Gasteiger partial charge is 0.397 e. The standard InChI is InChI=1S/C6H8N2.HNO3/c7-5-3-1-2-4-6(5)8;2-1(3)4/h1-4H,7-8H2;(H,2,3,4). The van der Waals surface area contributed by atoms with Crippen molar-refractivity contribution in [2.75, 3.05) is 11.5 Å². The molecule has 0 unspecified atom stereocenters. The Hall–Kier alpha value is -1.98. The molecule has 6 heteroatoms. The van der Waals surface area contributed by atoms with Crippen molar-refractivity contribution in [2.24, 2.45) is 0 Å². The first-order valence-electron chi connectivity index (χ1n) is 2.97. The predicted octanol–water partition coefficient (Wildman–Crippen LogP) is 0.503. The number of benzene rings is 1. The molecule has 1 aromatic carbocycles. The Morgan fingerprint density at radius 3 is 1.67 bits per heavy atom. The van der Waals surface area contributed by atoms with E-state index in [0.29, 0.717) is 11.4 Å². The van der Waals surface area contributed by atoms with Crippen molar-refractivity contribution < 1.29 is 10.3 Å². The molecule has 0 aliphatic rings. The van der Waals surface area contributed by atoms with E-state index < -0.39 is 5.09 Å². The lowest BCUT2D eigenvalue weighted by atomic mass is 10.3. The minimum atomic E-state index is -1.50. The molecule has 5 N–H and O–H groups in total. The van der Waals surface area contributed by atoms with E-state index in [2.05, 4.69) is 0 Å². The molecule has 12 heavy (non-hydrogen) atoms. The second-order valence-corrected chi connectivity index (χ2v) is 1.87. The summed E-state index contributed by atoms with van der Waals surface area (Å²) in [5.41, 5.74) is 12.1. The summed E-state index contributed by atoms with van der Waals surface area (Å²) in [6.07, 6.45) is 0. The summed E-state index contributed by atoms with van der Waals surface area (Å²) in [7, 11) is 0. The van der Waals surface area contributed by atoms with Crippen LogP contribution in [0.4, 0.5) is 11.4 Å². The first-order chi connectivity index (χ1) is 5.54. The molecule has 1 rings (SSSR count). The fraction of sp³-hybridized carbons (Fsp3) is 0. The minimum Gasteiger partial charge on any atom is -0.397 e. The molecular formula is C6H9N3O3. The second-order valence-electron chi connectivity index (χ2n) is 1.87. The molecule has 0 heterocycles. The van der Waals surface area contributed by atoms with Crippen molar-refractivity contribution in [2.45, 2.75) is 0 Å². The Balaban J connectivity index is 0.000000261. The van der Waals surface area contributed by atoms with Gasteiger partial charge in [0.1, 0.15) is 0 Å². The molecule has 0 spiro atoms. The van der Waals surface area contributed by atoms with Crippen molar-refractivity contribution in [1.29, 1.82) is 0 Å². The van der Waals surface area contributed by atoms with Gasteiger partial charge in [-0.05, 0) is 12.1 Å². The zero-order valence-electron chi connectivity index (χ0n) is 6.18. The third-order valence-corrected chi connectivity index (χ3v) is 0.996. The van der Waals surface area contributed by atoms with Crippen LogP contribution < -0.4 is 11.5 Å². The van der Waals surface area contributed by atoms with Crippen LogP contribution in [0.3, 0.4) is 0 Å². The quantitative estimate of drug-likeness (QED) is 0.298. The van der Waals surface area contributed by atoms with Crippen LogP contribution in [0.1, 0.15) is 0 Å². The molecule has 0 aliphatic heterocycles. The van der Waals surface area contributed by atoms with E-state index in [1.807, 2.05) is 12.1 Å². The molecule has 0 bridgehead atoms. The van der Waals surface area contributed by atoms with Gasteiger partial charge in [0.15, 0.2) is 0 Å². The fourth-order valence-corrected chi connectivity index (χ4v) is 0.511. The number of nitrogen functional groups attached to an aromatic ring is 2. The Morgan fingerprint density at radius 1 is 1.25 bits per heavy atom. The Morgan fingerprint density at radius 2 is 1.50 bits per heavy atom. The van der Waals surface area contributed by atoms with Crippen molar-refractivity contribution in [1.82, 2.24) is 0 Å². The lowest BCUT2D eigenvalue weighted by Gasteiger charge is -1.94. The van der Waals surface area contributed by atoms with Gasteiger partial charge in [-0.15, -0.1) is 10.1 Å². The van der Waals surface area contributed by atoms with Crippen LogP contribution in [-0.4, -0.2) is 10.3 Å². The van der Waals surface area contributed by atoms with E-state index in [4.69, 9.17) is 26.8 Å². The molecule has 0 atom stereocenters. The van der Waals surface area contributed by atoms with Gasteiger partial charge in [0.05, 0.1) is 11.4 Å². The summed E-state index contributed by atoms with van der Waals surface area (Å²) in [5.74, 6) is 0. The number of hydrogen-bond acceptors (Lipinski definition) is 4. The monoisotopic (exact) mass is 171 g/mol. The summed E-state index contributed by atoms with van der Waals surface area (Å²) < 4.78 is 0. The van der Waals surface area contributed by atoms with Crippen LogP contribution in [0.25, 0.3) is 0 Å². The molecule has 0 saturated carbocycles. The number of rotatable bonds is 0. The third kappa shape index (κ3) is 4.86. The zero-order chi connectivity index (χ0) is 9.56. The predicted molar refractivity (Wildman–Crippen MR) is 44.0 cm³/mol. The SMILES string of the molecule is Nc1ccccc1N.O=[N+]([O-])O. The van der Waals surface area contributed by atoms with Gasteiger partial charge in [-0.1, -0.05) is 12.1 Å². The van der Waals surface area contributed by atoms with Crippen LogP contribution in [0.15, 0.2) is 24.3 Å². The second kappa shape index (κ2) is 4.78. The van der Waals surface area contributed by atoms with Gasteiger partial charge in [-0.25, -0.2) is 0 Å². The molecule has 0 aromatic heterocycles. The van der Waals surface area contributed by atoms with Crippen LogP contribution in [0.2, 0.25) is 0 Å². The summed E-state index contributed by atoms with van der Waals surface area (Å²) >= 11 is 0. The average Bonchev–Trinajstić information content (AvgIpc) is 1.94. The van der Waals surface area contributed by atoms with Crippen LogP contribution in [-0.2, 0) is 0 Å². The number of hydrogen-bond donors (Lipinski definition) is 3. The molecule has 0 fully saturated rings. The van der Waals surface area contributed by atoms with Crippen molar-refractivity contribution in [3.8, 4) is 0 Å². The van der Waals surface area contributed by atoms with Gasteiger partial charge < -0.3 is 16.7 Å². The maximum Gasteiger partial charge on any atom is 0.291 e. The molecule has 0 saturated heterocycles. The van der Waals surface area contributed by atoms with Crippen LogP contribution in [0, 0.1) is 10.1 Å². The van der Waals surface area contributed by atoms with Crippen molar-refractivity contribution >= 4 is 11.4 Å². The third-order valence-electron chi connectivity index (χ3n) is 0.996. The average molecular weight is 171 g/mol. The van der Waals surface area contributed by atoms with E-state index in [-0.39, 0.29) is 0 Å². The number of nitrogens with zero attached hydrogens (tertiary/aromatic N) is 1. The molecule has 0 aliphatic carbocycles. The highest BCUT2D eigenvalue weighted by Gasteiger charge is 1.85. The highest BCUT2D eigenvalue weighted by Crippen LogP contribution is 2.10. The Labute approximate surface area is 68.5 Å². The highest BCUT2D eigenvalue weighted by molar-refractivity contribution is 5.62. The summed E-state index contributed by atoms with van der Waals surface area (Å²) in [4.78, 5) is 8.36. The number of para-hydroxylation sites is 2. The van der Waals surface area contributed by atoms with Crippen LogP contribution in [0.5, 0.6) is 0 Å². The van der Waals surface area contributed by atoms with Gasteiger partial charge in [-0.2, -0.15) is 0 Å². The summed E-state index contributed by atoms with van der Waals surface area (Å²) in [6, 6.07) is 7.25. The van der Waals surface area contributed by atoms with E-state index >= 15 is 0 Å². The molecule has 6 nitrogen and oxygen atoms in total. The van der Waals surface area contributed by atoms with E-state index in [1.165, 1.54) is 0 Å². The lowest BCUT2D eigenvalue weighted by Crippen LogP contribution is -1.91. The van der Waals surface area contributed by atoms with Gasteiger partial charge in [0, 0.05) is 0 Å².